The fraction of sp³-hybridized carbons (Fsp3) is 0.294. The molecule has 128 valence electrons. The lowest BCUT2D eigenvalue weighted by Gasteiger charge is -2.32. The van der Waals surface area contributed by atoms with Crippen molar-refractivity contribution >= 4 is 17.5 Å². The van der Waals surface area contributed by atoms with Crippen molar-refractivity contribution in [1.82, 2.24) is 15.4 Å². The summed E-state index contributed by atoms with van der Waals surface area (Å²) in [6, 6.07) is 9.06. The third kappa shape index (κ3) is 3.37. The van der Waals surface area contributed by atoms with Crippen molar-refractivity contribution in [2.24, 2.45) is 5.92 Å². The zero-order chi connectivity index (χ0) is 17.1. The van der Waals surface area contributed by atoms with Gasteiger partial charge in [0.1, 0.15) is 12.0 Å². The lowest BCUT2D eigenvalue weighted by Crippen LogP contribution is -2.41. The summed E-state index contributed by atoms with van der Waals surface area (Å²) in [5.74, 6) is 1.69. The van der Waals surface area contributed by atoms with Gasteiger partial charge in [0.15, 0.2) is 17.4 Å². The van der Waals surface area contributed by atoms with Gasteiger partial charge in [-0.25, -0.2) is 0 Å². The standard InChI is InChI=1S/C17H17N5O3/c23-17(18-15-7-10-25-21-15)12-3-1-8-22(11-12)16-6-5-13(19-20-16)14-4-2-9-24-14/h2,4-7,9-10,12H,1,3,8,11H2,(H,18,21,23). The monoisotopic (exact) mass is 339 g/mol. The lowest BCUT2D eigenvalue weighted by atomic mass is 9.97. The third-order valence-electron chi connectivity index (χ3n) is 4.23. The highest BCUT2D eigenvalue weighted by molar-refractivity contribution is 5.92. The summed E-state index contributed by atoms with van der Waals surface area (Å²) in [6.45, 7) is 1.45. The SMILES string of the molecule is O=C(Nc1ccon1)C1CCCN(c2ccc(-c3ccco3)nn2)C1. The van der Waals surface area contributed by atoms with Crippen molar-refractivity contribution in [3.05, 3.63) is 42.9 Å². The quantitative estimate of drug-likeness (QED) is 0.780. The van der Waals surface area contributed by atoms with Crippen molar-refractivity contribution in [2.75, 3.05) is 23.3 Å². The molecule has 1 aliphatic rings. The molecule has 0 saturated carbocycles. The Morgan fingerprint density at radius 2 is 2.16 bits per heavy atom. The van der Waals surface area contributed by atoms with E-state index in [0.717, 1.165) is 25.2 Å². The molecule has 1 amide bonds. The maximum Gasteiger partial charge on any atom is 0.230 e. The molecule has 1 N–H and O–H groups in total. The summed E-state index contributed by atoms with van der Waals surface area (Å²) in [4.78, 5) is 14.5. The first-order chi connectivity index (χ1) is 12.3. The number of furan rings is 1. The van der Waals surface area contributed by atoms with Gasteiger partial charge in [0.2, 0.25) is 5.91 Å². The van der Waals surface area contributed by atoms with Crippen LogP contribution in [0.15, 0.2) is 51.8 Å². The summed E-state index contributed by atoms with van der Waals surface area (Å²) in [7, 11) is 0. The number of amides is 1. The van der Waals surface area contributed by atoms with Crippen LogP contribution < -0.4 is 10.2 Å². The molecule has 0 aliphatic carbocycles. The number of hydrogen-bond acceptors (Lipinski definition) is 7. The molecule has 1 saturated heterocycles. The highest BCUT2D eigenvalue weighted by Crippen LogP contribution is 2.24. The molecule has 1 atom stereocenters. The number of nitrogens with one attached hydrogen (secondary N) is 1. The molecule has 1 aliphatic heterocycles. The summed E-state index contributed by atoms with van der Waals surface area (Å²) in [5.41, 5.74) is 0.686. The van der Waals surface area contributed by atoms with Crippen LogP contribution in [0.2, 0.25) is 0 Å². The van der Waals surface area contributed by atoms with E-state index < -0.39 is 0 Å². The Kier molecular flexibility index (Phi) is 4.16. The van der Waals surface area contributed by atoms with Crippen molar-refractivity contribution < 1.29 is 13.7 Å². The van der Waals surface area contributed by atoms with Crippen LogP contribution in [0.1, 0.15) is 12.8 Å². The fourth-order valence-corrected chi connectivity index (χ4v) is 2.95. The molecule has 0 radical (unpaired) electrons. The Labute approximate surface area is 143 Å². The summed E-state index contributed by atoms with van der Waals surface area (Å²) >= 11 is 0. The Hall–Kier alpha value is -3.16. The molecule has 25 heavy (non-hydrogen) atoms. The molecule has 0 aromatic carbocycles. The van der Waals surface area contributed by atoms with Crippen LogP contribution in [0, 0.1) is 5.92 Å². The lowest BCUT2D eigenvalue weighted by molar-refractivity contribution is -0.120. The molecule has 1 fully saturated rings. The predicted molar refractivity (Wildman–Crippen MR) is 89.8 cm³/mol. The summed E-state index contributed by atoms with van der Waals surface area (Å²) < 4.78 is 10.1. The third-order valence-corrected chi connectivity index (χ3v) is 4.23. The van der Waals surface area contributed by atoms with Crippen LogP contribution in [-0.4, -0.2) is 34.4 Å². The average Bonchev–Trinajstić information content (AvgIpc) is 3.36. The van der Waals surface area contributed by atoms with Gasteiger partial charge in [-0.05, 0) is 37.1 Å². The van der Waals surface area contributed by atoms with Crippen LogP contribution in [-0.2, 0) is 4.79 Å². The predicted octanol–water partition coefficient (Wildman–Crippen LogP) is 2.58. The second-order valence-corrected chi connectivity index (χ2v) is 5.91. The molecule has 4 rings (SSSR count). The maximum absolute atomic E-state index is 12.4. The smallest absolute Gasteiger partial charge is 0.230 e. The number of nitrogens with zero attached hydrogens (tertiary/aromatic N) is 4. The molecule has 1 unspecified atom stereocenters. The van der Waals surface area contributed by atoms with Gasteiger partial charge in [-0.15, -0.1) is 10.2 Å². The minimum absolute atomic E-state index is 0.0567. The number of rotatable bonds is 4. The van der Waals surface area contributed by atoms with Crippen molar-refractivity contribution in [3.8, 4) is 11.5 Å². The topological polar surface area (TPSA) is 97.3 Å². The Morgan fingerprint density at radius 3 is 2.88 bits per heavy atom. The first-order valence-corrected chi connectivity index (χ1v) is 8.13. The minimum Gasteiger partial charge on any atom is -0.463 e. The first kappa shape index (κ1) is 15.4. The van der Waals surface area contributed by atoms with E-state index in [4.69, 9.17) is 8.94 Å². The molecular formula is C17H17N5O3. The van der Waals surface area contributed by atoms with Crippen LogP contribution in [0.25, 0.3) is 11.5 Å². The van der Waals surface area contributed by atoms with Gasteiger partial charge >= 0.3 is 0 Å². The van der Waals surface area contributed by atoms with E-state index in [1.165, 1.54) is 6.26 Å². The zero-order valence-electron chi connectivity index (χ0n) is 13.5. The molecular weight excluding hydrogens is 322 g/mol. The van der Waals surface area contributed by atoms with E-state index in [1.807, 2.05) is 24.3 Å². The van der Waals surface area contributed by atoms with E-state index in [0.29, 0.717) is 23.8 Å². The molecule has 4 heterocycles. The number of aromatic nitrogens is 3. The second kappa shape index (κ2) is 6.76. The van der Waals surface area contributed by atoms with E-state index in [2.05, 4.69) is 25.6 Å². The van der Waals surface area contributed by atoms with Crippen molar-refractivity contribution in [1.29, 1.82) is 0 Å². The number of piperidine rings is 1. The average molecular weight is 339 g/mol. The molecule has 8 heteroatoms. The van der Waals surface area contributed by atoms with Gasteiger partial charge in [0.05, 0.1) is 12.2 Å². The highest BCUT2D eigenvalue weighted by Gasteiger charge is 2.27. The number of carbonyl (C=O) groups excluding carboxylic acids is 1. The Bertz CT molecular complexity index is 815. The van der Waals surface area contributed by atoms with Crippen LogP contribution in [0.5, 0.6) is 0 Å². The summed E-state index contributed by atoms with van der Waals surface area (Å²) in [5, 5.41) is 15.0. The minimum atomic E-state index is -0.128. The van der Waals surface area contributed by atoms with Gasteiger partial charge in [-0.1, -0.05) is 5.16 Å². The Morgan fingerprint density at radius 1 is 1.20 bits per heavy atom. The molecule has 0 spiro atoms. The van der Waals surface area contributed by atoms with Crippen LogP contribution >= 0.6 is 0 Å². The van der Waals surface area contributed by atoms with Crippen molar-refractivity contribution in [3.63, 3.8) is 0 Å². The van der Waals surface area contributed by atoms with E-state index in [-0.39, 0.29) is 11.8 Å². The van der Waals surface area contributed by atoms with Gasteiger partial charge in [-0.3, -0.25) is 4.79 Å². The Balaban J connectivity index is 1.43. The van der Waals surface area contributed by atoms with Gasteiger partial charge < -0.3 is 19.2 Å². The number of anilines is 2. The largest absolute Gasteiger partial charge is 0.463 e. The second-order valence-electron chi connectivity index (χ2n) is 5.91. The van der Waals surface area contributed by atoms with Gasteiger partial charge in [0.25, 0.3) is 0 Å². The summed E-state index contributed by atoms with van der Waals surface area (Å²) in [6.07, 6.45) is 4.78. The van der Waals surface area contributed by atoms with Crippen LogP contribution in [0.4, 0.5) is 11.6 Å². The van der Waals surface area contributed by atoms with Gasteiger partial charge in [0, 0.05) is 19.2 Å². The van der Waals surface area contributed by atoms with Gasteiger partial charge in [-0.2, -0.15) is 0 Å². The zero-order valence-corrected chi connectivity index (χ0v) is 13.5. The first-order valence-electron chi connectivity index (χ1n) is 8.13. The normalized spacial score (nSPS) is 17.4. The number of hydrogen-bond donors (Lipinski definition) is 1. The molecule has 3 aromatic rings. The van der Waals surface area contributed by atoms with E-state index in [9.17, 15) is 4.79 Å². The van der Waals surface area contributed by atoms with Crippen LogP contribution in [0.3, 0.4) is 0 Å². The fourth-order valence-electron chi connectivity index (χ4n) is 2.95. The molecule has 0 bridgehead atoms. The van der Waals surface area contributed by atoms with E-state index in [1.54, 1.807) is 12.3 Å². The van der Waals surface area contributed by atoms with E-state index >= 15 is 0 Å². The molecule has 8 nitrogen and oxygen atoms in total. The molecule has 3 aromatic heterocycles. The number of carbonyl (C=O) groups is 1. The highest BCUT2D eigenvalue weighted by atomic mass is 16.5. The maximum atomic E-state index is 12.4. The van der Waals surface area contributed by atoms with Crippen molar-refractivity contribution in [2.45, 2.75) is 12.8 Å².